The number of hydrazine groups is 1. The number of benzene rings is 1. The number of carbonyl (C=O) groups excluding carboxylic acids is 1. The first-order valence-corrected chi connectivity index (χ1v) is 4.73. The van der Waals surface area contributed by atoms with Gasteiger partial charge in [-0.2, -0.15) is 0 Å². The highest BCUT2D eigenvalue weighted by atomic mass is 16.6. The summed E-state index contributed by atoms with van der Waals surface area (Å²) < 4.78 is 5.10. The minimum atomic E-state index is -0.358. The second kappa shape index (κ2) is 5.36. The second-order valence-corrected chi connectivity index (χ2v) is 3.41. The topological polar surface area (TPSA) is 32.8 Å². The normalized spacial score (nSPS) is 10.1. The van der Waals surface area contributed by atoms with Gasteiger partial charge in [-0.05, 0) is 5.56 Å². The fraction of sp³-hybridized carbons (Fsp3) is 0.364. The molecule has 0 saturated carbocycles. The molecule has 0 aromatic heterocycles. The van der Waals surface area contributed by atoms with Crippen LogP contribution < -0.4 is 0 Å². The summed E-state index contributed by atoms with van der Waals surface area (Å²) in [5.41, 5.74) is 0.984. The van der Waals surface area contributed by atoms with E-state index in [-0.39, 0.29) is 6.09 Å². The number of hydrogen-bond donors (Lipinski definition) is 0. The van der Waals surface area contributed by atoms with Crippen LogP contribution in [-0.2, 0) is 11.3 Å². The van der Waals surface area contributed by atoms with E-state index < -0.39 is 0 Å². The standard InChI is InChI=1S/C11H16N2O2/c1-12(2)13(3)11(14)15-9-10-7-5-4-6-8-10/h4-8H,9H2,1-3H3. The summed E-state index contributed by atoms with van der Waals surface area (Å²) in [6.45, 7) is 0.303. The fourth-order valence-corrected chi connectivity index (χ4v) is 0.976. The van der Waals surface area contributed by atoms with Crippen molar-refractivity contribution in [1.82, 2.24) is 10.0 Å². The molecule has 0 aliphatic heterocycles. The quantitative estimate of drug-likeness (QED) is 0.709. The maximum Gasteiger partial charge on any atom is 0.424 e. The summed E-state index contributed by atoms with van der Waals surface area (Å²) in [6, 6.07) is 9.60. The molecule has 82 valence electrons. The first-order chi connectivity index (χ1) is 7.11. The van der Waals surface area contributed by atoms with Crippen molar-refractivity contribution in [3.05, 3.63) is 35.9 Å². The molecule has 0 radical (unpaired) electrons. The van der Waals surface area contributed by atoms with Gasteiger partial charge in [-0.15, -0.1) is 0 Å². The first-order valence-electron chi connectivity index (χ1n) is 4.73. The molecule has 1 aromatic carbocycles. The van der Waals surface area contributed by atoms with Crippen molar-refractivity contribution in [2.45, 2.75) is 6.61 Å². The Hall–Kier alpha value is -1.55. The van der Waals surface area contributed by atoms with E-state index in [9.17, 15) is 4.79 Å². The molecule has 0 spiro atoms. The largest absolute Gasteiger partial charge is 0.444 e. The van der Waals surface area contributed by atoms with E-state index in [1.165, 1.54) is 5.01 Å². The number of ether oxygens (including phenoxy) is 1. The molecule has 1 rings (SSSR count). The van der Waals surface area contributed by atoms with Crippen molar-refractivity contribution in [3.8, 4) is 0 Å². The number of rotatable bonds is 3. The van der Waals surface area contributed by atoms with Crippen molar-refractivity contribution in [1.29, 1.82) is 0 Å². The van der Waals surface area contributed by atoms with Gasteiger partial charge in [0.15, 0.2) is 0 Å². The molecule has 0 atom stereocenters. The minimum Gasteiger partial charge on any atom is -0.444 e. The molecule has 0 saturated heterocycles. The maximum absolute atomic E-state index is 11.4. The Bertz CT molecular complexity index is 312. The smallest absolute Gasteiger partial charge is 0.424 e. The molecule has 0 aliphatic rings. The van der Waals surface area contributed by atoms with Crippen molar-refractivity contribution >= 4 is 6.09 Å². The van der Waals surface area contributed by atoms with Gasteiger partial charge in [-0.3, -0.25) is 0 Å². The van der Waals surface area contributed by atoms with Gasteiger partial charge in [0.1, 0.15) is 6.61 Å². The maximum atomic E-state index is 11.4. The number of hydrogen-bond acceptors (Lipinski definition) is 3. The average Bonchev–Trinajstić information content (AvgIpc) is 2.26. The van der Waals surface area contributed by atoms with E-state index in [0.29, 0.717) is 6.61 Å². The van der Waals surface area contributed by atoms with Crippen LogP contribution in [0, 0.1) is 0 Å². The second-order valence-electron chi connectivity index (χ2n) is 3.41. The minimum absolute atomic E-state index is 0.303. The summed E-state index contributed by atoms with van der Waals surface area (Å²) in [6.07, 6.45) is -0.358. The van der Waals surface area contributed by atoms with Crippen LogP contribution in [0.1, 0.15) is 5.56 Å². The lowest BCUT2D eigenvalue weighted by atomic mass is 10.2. The molecule has 0 bridgehead atoms. The van der Waals surface area contributed by atoms with Crippen LogP contribution in [0.2, 0.25) is 0 Å². The molecule has 0 N–H and O–H groups in total. The van der Waals surface area contributed by atoms with E-state index in [0.717, 1.165) is 5.56 Å². The van der Waals surface area contributed by atoms with E-state index in [1.54, 1.807) is 26.2 Å². The summed E-state index contributed by atoms with van der Waals surface area (Å²) in [5.74, 6) is 0. The lowest BCUT2D eigenvalue weighted by Crippen LogP contribution is -2.38. The Labute approximate surface area is 90.0 Å². The third-order valence-electron chi connectivity index (χ3n) is 2.07. The Balaban J connectivity index is 2.41. The van der Waals surface area contributed by atoms with E-state index in [1.807, 2.05) is 30.3 Å². The van der Waals surface area contributed by atoms with Crippen LogP contribution in [0.5, 0.6) is 0 Å². The van der Waals surface area contributed by atoms with Crippen molar-refractivity contribution in [2.75, 3.05) is 21.1 Å². The lowest BCUT2D eigenvalue weighted by Gasteiger charge is -2.23. The van der Waals surface area contributed by atoms with Crippen molar-refractivity contribution < 1.29 is 9.53 Å². The first kappa shape index (κ1) is 11.5. The van der Waals surface area contributed by atoms with E-state index in [4.69, 9.17) is 4.74 Å². The van der Waals surface area contributed by atoms with E-state index in [2.05, 4.69) is 0 Å². The van der Waals surface area contributed by atoms with Crippen LogP contribution in [-0.4, -0.2) is 37.3 Å². The van der Waals surface area contributed by atoms with Crippen LogP contribution >= 0.6 is 0 Å². The zero-order valence-corrected chi connectivity index (χ0v) is 9.30. The zero-order chi connectivity index (χ0) is 11.3. The molecule has 0 unspecified atom stereocenters. The van der Waals surface area contributed by atoms with Crippen molar-refractivity contribution in [3.63, 3.8) is 0 Å². The van der Waals surface area contributed by atoms with Gasteiger partial charge in [-0.1, -0.05) is 30.3 Å². The summed E-state index contributed by atoms with van der Waals surface area (Å²) in [5, 5.41) is 3.07. The van der Waals surface area contributed by atoms with Gasteiger partial charge in [0.25, 0.3) is 0 Å². The average molecular weight is 208 g/mol. The van der Waals surface area contributed by atoms with Gasteiger partial charge in [0.2, 0.25) is 0 Å². The van der Waals surface area contributed by atoms with Gasteiger partial charge < -0.3 is 4.74 Å². The molecule has 1 amide bonds. The Kier molecular flexibility index (Phi) is 4.12. The zero-order valence-electron chi connectivity index (χ0n) is 9.30. The van der Waals surface area contributed by atoms with Crippen LogP contribution in [0.4, 0.5) is 4.79 Å². The lowest BCUT2D eigenvalue weighted by molar-refractivity contribution is 0.0264. The van der Waals surface area contributed by atoms with Gasteiger partial charge in [0, 0.05) is 21.1 Å². The third-order valence-corrected chi connectivity index (χ3v) is 2.07. The van der Waals surface area contributed by atoms with Gasteiger partial charge >= 0.3 is 6.09 Å². The predicted octanol–water partition coefficient (Wildman–Crippen LogP) is 1.73. The molecule has 15 heavy (non-hydrogen) atoms. The molecule has 0 fully saturated rings. The Morgan fingerprint density at radius 2 is 1.80 bits per heavy atom. The summed E-state index contributed by atoms with van der Waals surface area (Å²) >= 11 is 0. The summed E-state index contributed by atoms with van der Waals surface area (Å²) in [7, 11) is 5.22. The van der Waals surface area contributed by atoms with Crippen LogP contribution in [0.3, 0.4) is 0 Å². The highest BCUT2D eigenvalue weighted by Crippen LogP contribution is 2.02. The van der Waals surface area contributed by atoms with Crippen molar-refractivity contribution in [2.24, 2.45) is 0 Å². The SMILES string of the molecule is CN(C)N(C)C(=O)OCc1ccccc1. The highest BCUT2D eigenvalue weighted by Gasteiger charge is 2.11. The summed E-state index contributed by atoms with van der Waals surface area (Å²) in [4.78, 5) is 11.4. The number of amides is 1. The van der Waals surface area contributed by atoms with Gasteiger partial charge in [0.05, 0.1) is 0 Å². The Morgan fingerprint density at radius 1 is 1.20 bits per heavy atom. The number of carbonyl (C=O) groups is 1. The molecule has 4 heteroatoms. The highest BCUT2D eigenvalue weighted by molar-refractivity contribution is 5.66. The van der Waals surface area contributed by atoms with Gasteiger partial charge in [-0.25, -0.2) is 14.8 Å². The molecular formula is C11H16N2O2. The molecule has 4 nitrogen and oxygen atoms in total. The van der Waals surface area contributed by atoms with Crippen LogP contribution in [0.15, 0.2) is 30.3 Å². The monoisotopic (exact) mass is 208 g/mol. The molecule has 0 heterocycles. The Morgan fingerprint density at radius 3 is 2.33 bits per heavy atom. The molecular weight excluding hydrogens is 192 g/mol. The van der Waals surface area contributed by atoms with E-state index >= 15 is 0 Å². The number of nitrogens with zero attached hydrogens (tertiary/aromatic N) is 2. The van der Waals surface area contributed by atoms with Crippen LogP contribution in [0.25, 0.3) is 0 Å². The fourth-order valence-electron chi connectivity index (χ4n) is 0.976. The predicted molar refractivity (Wildman–Crippen MR) is 58.1 cm³/mol. The molecule has 0 aliphatic carbocycles. The molecule has 1 aromatic rings. The third kappa shape index (κ3) is 3.59.